The van der Waals surface area contributed by atoms with E-state index in [2.05, 4.69) is 5.32 Å². The minimum absolute atomic E-state index is 0.0881. The lowest BCUT2D eigenvalue weighted by Gasteiger charge is -2.14. The summed E-state index contributed by atoms with van der Waals surface area (Å²) in [5, 5.41) is 13.2. The van der Waals surface area contributed by atoms with E-state index < -0.39 is 0 Å². The number of para-hydroxylation sites is 1. The molecule has 0 spiro atoms. The number of nitrogens with zero attached hydrogens (tertiary/aromatic N) is 1. The molecule has 1 heterocycles. The number of thiocarbonyl (C=S) groups is 1. The number of nitrogens with one attached hydrogen (secondary N) is 1. The predicted molar refractivity (Wildman–Crippen MR) is 113 cm³/mol. The number of amides is 2. The van der Waals surface area contributed by atoms with Gasteiger partial charge in [-0.2, -0.15) is 0 Å². The van der Waals surface area contributed by atoms with Gasteiger partial charge in [0.05, 0.1) is 4.91 Å². The van der Waals surface area contributed by atoms with Crippen molar-refractivity contribution in [1.82, 2.24) is 4.90 Å². The molecule has 1 fully saturated rings. The summed E-state index contributed by atoms with van der Waals surface area (Å²) in [6, 6.07) is 13.5. The zero-order valence-electron chi connectivity index (χ0n) is 14.0. The molecule has 138 valence electrons. The van der Waals surface area contributed by atoms with Crippen LogP contribution in [0.15, 0.2) is 53.4 Å². The van der Waals surface area contributed by atoms with Crippen molar-refractivity contribution in [2.24, 2.45) is 0 Å². The Morgan fingerprint density at radius 1 is 1.22 bits per heavy atom. The summed E-state index contributed by atoms with van der Waals surface area (Å²) in [7, 11) is 0. The second-order valence-corrected chi connectivity index (χ2v) is 7.81. The third-order valence-electron chi connectivity index (χ3n) is 3.79. The van der Waals surface area contributed by atoms with Gasteiger partial charge in [0, 0.05) is 29.2 Å². The third-order valence-corrected chi connectivity index (χ3v) is 5.42. The van der Waals surface area contributed by atoms with Gasteiger partial charge in [0.2, 0.25) is 5.91 Å². The van der Waals surface area contributed by atoms with Crippen molar-refractivity contribution < 1.29 is 14.7 Å². The highest BCUT2D eigenvalue weighted by atomic mass is 35.5. The maximum Gasteiger partial charge on any atom is 0.266 e. The minimum atomic E-state index is -0.271. The van der Waals surface area contributed by atoms with Gasteiger partial charge in [0.1, 0.15) is 10.1 Å². The van der Waals surface area contributed by atoms with Crippen molar-refractivity contribution >= 4 is 63.5 Å². The smallest absolute Gasteiger partial charge is 0.266 e. The molecule has 27 heavy (non-hydrogen) atoms. The number of hydrogen-bond acceptors (Lipinski definition) is 5. The average Bonchev–Trinajstić information content (AvgIpc) is 2.90. The standard InChI is InChI=1S/C19H15ClN2O3S2/c20-13-5-7-14(8-6-13)21-17(24)9-10-22-18(25)16(27-19(22)26)11-12-3-1-2-4-15(12)23/h1-8,11,23H,9-10H2,(H,21,24)/b16-11-. The highest BCUT2D eigenvalue weighted by Crippen LogP contribution is 2.34. The zero-order chi connectivity index (χ0) is 19.4. The summed E-state index contributed by atoms with van der Waals surface area (Å²) in [5.74, 6) is -0.409. The first-order chi connectivity index (χ1) is 12.9. The Morgan fingerprint density at radius 3 is 2.63 bits per heavy atom. The molecule has 5 nitrogen and oxygen atoms in total. The maximum atomic E-state index is 12.6. The van der Waals surface area contributed by atoms with Crippen LogP contribution < -0.4 is 5.32 Å². The van der Waals surface area contributed by atoms with E-state index in [1.165, 1.54) is 4.90 Å². The highest BCUT2D eigenvalue weighted by molar-refractivity contribution is 8.26. The molecule has 2 amide bonds. The number of carbonyl (C=O) groups excluding carboxylic acids is 2. The second kappa shape index (κ2) is 8.56. The van der Waals surface area contributed by atoms with Gasteiger partial charge in [-0.1, -0.05) is 53.8 Å². The van der Waals surface area contributed by atoms with Crippen molar-refractivity contribution in [2.45, 2.75) is 6.42 Å². The lowest BCUT2D eigenvalue weighted by Crippen LogP contribution is -2.31. The fourth-order valence-corrected chi connectivity index (χ4v) is 3.84. The van der Waals surface area contributed by atoms with Crippen LogP contribution in [0, 0.1) is 0 Å². The van der Waals surface area contributed by atoms with Crippen LogP contribution in [0.3, 0.4) is 0 Å². The van der Waals surface area contributed by atoms with Crippen LogP contribution in [0.4, 0.5) is 5.69 Å². The fraction of sp³-hybridized carbons (Fsp3) is 0.105. The van der Waals surface area contributed by atoms with Crippen LogP contribution in [-0.2, 0) is 9.59 Å². The summed E-state index contributed by atoms with van der Waals surface area (Å²) in [5.41, 5.74) is 1.17. The number of phenols is 1. The second-order valence-electron chi connectivity index (χ2n) is 5.70. The third kappa shape index (κ3) is 4.88. The van der Waals surface area contributed by atoms with Crippen LogP contribution in [0.2, 0.25) is 5.02 Å². The molecule has 0 atom stereocenters. The number of rotatable bonds is 5. The van der Waals surface area contributed by atoms with E-state index in [9.17, 15) is 14.7 Å². The van der Waals surface area contributed by atoms with E-state index in [4.69, 9.17) is 23.8 Å². The number of thioether (sulfide) groups is 1. The molecule has 2 aromatic rings. The Kier molecular flexibility index (Phi) is 6.15. The molecule has 0 radical (unpaired) electrons. The highest BCUT2D eigenvalue weighted by Gasteiger charge is 2.32. The van der Waals surface area contributed by atoms with E-state index in [1.807, 2.05) is 0 Å². The van der Waals surface area contributed by atoms with E-state index in [0.717, 1.165) is 11.8 Å². The Hall–Kier alpha value is -2.35. The van der Waals surface area contributed by atoms with E-state index in [0.29, 0.717) is 25.5 Å². The van der Waals surface area contributed by atoms with Gasteiger partial charge in [0.25, 0.3) is 5.91 Å². The summed E-state index contributed by atoms with van der Waals surface area (Å²) >= 11 is 12.2. The van der Waals surface area contributed by atoms with Gasteiger partial charge in [-0.25, -0.2) is 0 Å². The summed E-state index contributed by atoms with van der Waals surface area (Å²) < 4.78 is 0.390. The normalized spacial score (nSPS) is 15.4. The monoisotopic (exact) mass is 418 g/mol. The summed E-state index contributed by atoms with van der Waals surface area (Å²) in [6.45, 7) is 0.183. The molecule has 1 aliphatic heterocycles. The lowest BCUT2D eigenvalue weighted by atomic mass is 10.2. The van der Waals surface area contributed by atoms with E-state index in [1.54, 1.807) is 54.6 Å². The largest absolute Gasteiger partial charge is 0.507 e. The predicted octanol–water partition coefficient (Wildman–Crippen LogP) is 4.28. The number of phenolic OH excluding ortho intramolecular Hbond substituents is 1. The van der Waals surface area contributed by atoms with Crippen molar-refractivity contribution in [3.8, 4) is 5.75 Å². The number of aromatic hydroxyl groups is 1. The van der Waals surface area contributed by atoms with Crippen LogP contribution in [0.1, 0.15) is 12.0 Å². The van der Waals surface area contributed by atoms with E-state index >= 15 is 0 Å². The molecule has 0 bridgehead atoms. The Morgan fingerprint density at radius 2 is 1.93 bits per heavy atom. The van der Waals surface area contributed by atoms with Gasteiger partial charge in [-0.15, -0.1) is 0 Å². The van der Waals surface area contributed by atoms with Crippen LogP contribution in [-0.4, -0.2) is 32.7 Å². The van der Waals surface area contributed by atoms with Crippen molar-refractivity contribution in [3.05, 3.63) is 64.0 Å². The number of anilines is 1. The Labute approximate surface area is 171 Å². The molecule has 8 heteroatoms. The SMILES string of the molecule is O=C(CCN1C(=O)/C(=C/c2ccccc2O)SC1=S)Nc1ccc(Cl)cc1. The molecular formula is C19H15ClN2O3S2. The molecule has 1 aliphatic rings. The number of hydrogen-bond donors (Lipinski definition) is 2. The first-order valence-corrected chi connectivity index (χ1v) is 9.63. The molecule has 0 aromatic heterocycles. The van der Waals surface area contributed by atoms with E-state index in [-0.39, 0.29) is 30.5 Å². The Bertz CT molecular complexity index is 929. The van der Waals surface area contributed by atoms with Gasteiger partial charge < -0.3 is 10.4 Å². The minimum Gasteiger partial charge on any atom is -0.507 e. The molecule has 1 saturated heterocycles. The molecular weight excluding hydrogens is 404 g/mol. The van der Waals surface area contributed by atoms with Gasteiger partial charge in [-0.3, -0.25) is 14.5 Å². The van der Waals surface area contributed by atoms with Crippen molar-refractivity contribution in [1.29, 1.82) is 0 Å². The maximum absolute atomic E-state index is 12.6. The first-order valence-electron chi connectivity index (χ1n) is 8.03. The zero-order valence-corrected chi connectivity index (χ0v) is 16.4. The van der Waals surface area contributed by atoms with Crippen LogP contribution >= 0.6 is 35.6 Å². The van der Waals surface area contributed by atoms with Crippen molar-refractivity contribution in [3.63, 3.8) is 0 Å². The molecule has 2 aromatic carbocycles. The molecule has 0 saturated carbocycles. The molecule has 0 unspecified atom stereocenters. The number of halogens is 1. The van der Waals surface area contributed by atoms with Crippen LogP contribution in [0.25, 0.3) is 6.08 Å². The number of benzene rings is 2. The topological polar surface area (TPSA) is 69.6 Å². The average molecular weight is 419 g/mol. The fourth-order valence-electron chi connectivity index (χ4n) is 2.41. The first kappa shape index (κ1) is 19.4. The summed E-state index contributed by atoms with van der Waals surface area (Å²) in [4.78, 5) is 26.5. The van der Waals surface area contributed by atoms with Crippen molar-refractivity contribution in [2.75, 3.05) is 11.9 Å². The number of carbonyl (C=O) groups is 2. The lowest BCUT2D eigenvalue weighted by molar-refractivity contribution is -0.122. The van der Waals surface area contributed by atoms with Gasteiger partial charge in [-0.05, 0) is 36.4 Å². The molecule has 2 N–H and O–H groups in total. The summed E-state index contributed by atoms with van der Waals surface area (Å²) in [6.07, 6.45) is 1.71. The van der Waals surface area contributed by atoms with Gasteiger partial charge >= 0.3 is 0 Å². The quantitative estimate of drug-likeness (QED) is 0.560. The molecule has 3 rings (SSSR count). The molecule has 0 aliphatic carbocycles. The van der Waals surface area contributed by atoms with Crippen LogP contribution in [0.5, 0.6) is 5.75 Å². The van der Waals surface area contributed by atoms with Gasteiger partial charge in [0.15, 0.2) is 0 Å². The Balaban J connectivity index is 1.61.